The van der Waals surface area contributed by atoms with Crippen LogP contribution in [0.5, 0.6) is 0 Å². The van der Waals surface area contributed by atoms with Crippen molar-refractivity contribution in [3.8, 4) is 0 Å². The van der Waals surface area contributed by atoms with E-state index in [1.807, 2.05) is 0 Å². The Hall–Kier alpha value is -0.310. The fourth-order valence-corrected chi connectivity index (χ4v) is 1.05. The van der Waals surface area contributed by atoms with Crippen LogP contribution in [0.1, 0.15) is 26.2 Å². The number of hydrogen-bond donors (Lipinski definition) is 0. The fraction of sp³-hybridized carbons (Fsp3) is 0.714. The third kappa shape index (κ3) is 7.69. The Kier molecular flexibility index (Phi) is 4.36. The predicted molar refractivity (Wildman–Crippen MR) is 43.5 cm³/mol. The molecule has 0 aromatic heterocycles. The topological polar surface area (TPSA) is 34.1 Å². The lowest BCUT2D eigenvalue weighted by molar-refractivity contribution is 0.610. The molecule has 0 fully saturated rings. The van der Waals surface area contributed by atoms with E-state index < -0.39 is 9.84 Å². The van der Waals surface area contributed by atoms with Crippen LogP contribution in [-0.4, -0.2) is 14.7 Å². The summed E-state index contributed by atoms with van der Waals surface area (Å²) < 4.78 is 21.0. The average Bonchev–Trinajstić information content (AvgIpc) is 1.78. The van der Waals surface area contributed by atoms with Crippen LogP contribution < -0.4 is 0 Å². The zero-order valence-electron chi connectivity index (χ0n) is 6.50. The van der Waals surface area contributed by atoms with Crippen LogP contribution in [0.15, 0.2) is 11.5 Å². The molecule has 10 heavy (non-hydrogen) atoms. The first-order valence-electron chi connectivity index (χ1n) is 3.43. The van der Waals surface area contributed by atoms with E-state index >= 15 is 0 Å². The van der Waals surface area contributed by atoms with Crippen LogP contribution in [-0.2, 0) is 9.84 Å². The molecule has 0 atom stereocenters. The molecule has 0 amide bonds. The van der Waals surface area contributed by atoms with E-state index in [9.17, 15) is 8.42 Å². The first kappa shape index (κ1) is 9.69. The van der Waals surface area contributed by atoms with E-state index in [4.69, 9.17) is 0 Å². The molecule has 0 aliphatic rings. The molecular weight excluding hydrogens is 148 g/mol. The van der Waals surface area contributed by atoms with Crippen molar-refractivity contribution in [3.63, 3.8) is 0 Å². The van der Waals surface area contributed by atoms with Crippen LogP contribution in [0, 0.1) is 0 Å². The maximum absolute atomic E-state index is 10.5. The van der Waals surface area contributed by atoms with Gasteiger partial charge < -0.3 is 0 Å². The van der Waals surface area contributed by atoms with E-state index in [-0.39, 0.29) is 0 Å². The summed E-state index contributed by atoms with van der Waals surface area (Å²) in [4.78, 5) is 0. The van der Waals surface area contributed by atoms with Crippen molar-refractivity contribution in [2.75, 3.05) is 6.26 Å². The van der Waals surface area contributed by atoms with E-state index in [0.29, 0.717) is 0 Å². The number of hydrogen-bond acceptors (Lipinski definition) is 2. The molecule has 3 heteroatoms. The Morgan fingerprint density at radius 2 is 2.00 bits per heavy atom. The number of allylic oxidation sites excluding steroid dienone is 1. The van der Waals surface area contributed by atoms with Gasteiger partial charge in [0, 0.05) is 11.7 Å². The molecular formula is C7H14O2S. The van der Waals surface area contributed by atoms with E-state index in [1.54, 1.807) is 6.08 Å². The molecule has 2 nitrogen and oxygen atoms in total. The van der Waals surface area contributed by atoms with Crippen molar-refractivity contribution < 1.29 is 8.42 Å². The predicted octanol–water partition coefficient (Wildman–Crippen LogP) is 1.73. The van der Waals surface area contributed by atoms with Gasteiger partial charge in [-0.25, -0.2) is 8.42 Å². The molecule has 0 bridgehead atoms. The van der Waals surface area contributed by atoms with Crippen molar-refractivity contribution >= 4 is 9.84 Å². The highest BCUT2D eigenvalue weighted by atomic mass is 32.2. The summed E-state index contributed by atoms with van der Waals surface area (Å²) >= 11 is 0. The van der Waals surface area contributed by atoms with Crippen molar-refractivity contribution in [2.45, 2.75) is 26.2 Å². The standard InChI is InChI=1S/C7H14O2S/c1-3-4-5-6-7-10(2,8)9/h6-7H,3-5H2,1-2H3/b7-6+. The lowest BCUT2D eigenvalue weighted by atomic mass is 10.2. The molecule has 0 heterocycles. The Morgan fingerprint density at radius 3 is 2.40 bits per heavy atom. The van der Waals surface area contributed by atoms with Crippen LogP contribution in [0.2, 0.25) is 0 Å². The van der Waals surface area contributed by atoms with E-state index in [0.717, 1.165) is 19.3 Å². The molecule has 0 saturated heterocycles. The molecule has 0 spiro atoms. The molecule has 0 aromatic rings. The van der Waals surface area contributed by atoms with Gasteiger partial charge in [-0.15, -0.1) is 0 Å². The second-order valence-electron chi connectivity index (χ2n) is 2.34. The first-order valence-corrected chi connectivity index (χ1v) is 5.38. The minimum Gasteiger partial charge on any atom is -0.225 e. The third-order valence-electron chi connectivity index (χ3n) is 1.07. The van der Waals surface area contributed by atoms with E-state index in [1.165, 1.54) is 11.7 Å². The monoisotopic (exact) mass is 162 g/mol. The summed E-state index contributed by atoms with van der Waals surface area (Å²) in [7, 11) is -2.89. The molecule has 0 aromatic carbocycles. The first-order chi connectivity index (χ1) is 4.56. The van der Waals surface area contributed by atoms with Crippen LogP contribution in [0.25, 0.3) is 0 Å². The van der Waals surface area contributed by atoms with Gasteiger partial charge in [0.15, 0.2) is 9.84 Å². The second-order valence-corrected chi connectivity index (χ2v) is 4.27. The fourth-order valence-electron chi connectivity index (χ4n) is 0.565. The molecule has 60 valence electrons. The highest BCUT2D eigenvalue weighted by Gasteiger charge is 1.90. The Bertz CT molecular complexity index is 190. The van der Waals surface area contributed by atoms with Crippen LogP contribution in [0.3, 0.4) is 0 Å². The van der Waals surface area contributed by atoms with Crippen LogP contribution in [0.4, 0.5) is 0 Å². The quantitative estimate of drug-likeness (QED) is 0.590. The molecule has 0 radical (unpaired) electrons. The second kappa shape index (κ2) is 4.50. The molecule has 0 N–H and O–H groups in total. The largest absolute Gasteiger partial charge is 0.225 e. The van der Waals surface area contributed by atoms with Gasteiger partial charge in [0.05, 0.1) is 0 Å². The van der Waals surface area contributed by atoms with Gasteiger partial charge in [-0.3, -0.25) is 0 Å². The zero-order valence-corrected chi connectivity index (χ0v) is 7.32. The Labute approximate surface area is 62.9 Å². The van der Waals surface area contributed by atoms with Gasteiger partial charge in [-0.05, 0) is 6.42 Å². The summed E-state index contributed by atoms with van der Waals surface area (Å²) in [5, 5.41) is 1.27. The summed E-state index contributed by atoms with van der Waals surface area (Å²) in [5.41, 5.74) is 0. The van der Waals surface area contributed by atoms with Crippen molar-refractivity contribution in [1.82, 2.24) is 0 Å². The summed E-state index contributed by atoms with van der Waals surface area (Å²) in [6, 6.07) is 0. The van der Waals surface area contributed by atoms with E-state index in [2.05, 4.69) is 6.92 Å². The average molecular weight is 162 g/mol. The molecule has 0 aliphatic carbocycles. The number of rotatable bonds is 4. The maximum atomic E-state index is 10.5. The van der Waals surface area contributed by atoms with Gasteiger partial charge in [0.2, 0.25) is 0 Å². The molecule has 0 unspecified atom stereocenters. The minimum atomic E-state index is -2.89. The molecule has 0 rings (SSSR count). The highest BCUT2D eigenvalue weighted by Crippen LogP contribution is 1.96. The molecule has 0 aliphatic heterocycles. The lowest BCUT2D eigenvalue weighted by Crippen LogP contribution is -1.87. The van der Waals surface area contributed by atoms with Crippen molar-refractivity contribution in [3.05, 3.63) is 11.5 Å². The summed E-state index contributed by atoms with van der Waals surface area (Å²) in [6.45, 7) is 2.08. The maximum Gasteiger partial charge on any atom is 0.168 e. The normalized spacial score (nSPS) is 12.6. The van der Waals surface area contributed by atoms with Crippen LogP contribution >= 0.6 is 0 Å². The zero-order chi connectivity index (χ0) is 8.04. The highest BCUT2D eigenvalue weighted by molar-refractivity contribution is 7.93. The number of sulfone groups is 1. The lowest BCUT2D eigenvalue weighted by Gasteiger charge is -1.87. The van der Waals surface area contributed by atoms with Gasteiger partial charge >= 0.3 is 0 Å². The Morgan fingerprint density at radius 1 is 1.40 bits per heavy atom. The van der Waals surface area contributed by atoms with Gasteiger partial charge in [0.25, 0.3) is 0 Å². The summed E-state index contributed by atoms with van der Waals surface area (Å²) in [6.07, 6.45) is 5.94. The minimum absolute atomic E-state index is 0.865. The van der Waals surface area contributed by atoms with Crippen molar-refractivity contribution in [2.24, 2.45) is 0 Å². The van der Waals surface area contributed by atoms with Gasteiger partial charge in [-0.1, -0.05) is 25.8 Å². The SMILES string of the molecule is CCCC/C=C/S(C)(=O)=O. The molecule has 0 saturated carbocycles. The third-order valence-corrected chi connectivity index (χ3v) is 1.75. The number of unbranched alkanes of at least 4 members (excludes halogenated alkanes) is 2. The van der Waals surface area contributed by atoms with Gasteiger partial charge in [0.1, 0.15) is 0 Å². The smallest absolute Gasteiger partial charge is 0.168 e. The van der Waals surface area contributed by atoms with Gasteiger partial charge in [-0.2, -0.15) is 0 Å². The Balaban J connectivity index is 3.58. The van der Waals surface area contributed by atoms with Crippen molar-refractivity contribution in [1.29, 1.82) is 0 Å². The summed E-state index contributed by atoms with van der Waals surface area (Å²) in [5.74, 6) is 0.